The highest BCUT2D eigenvalue weighted by Crippen LogP contribution is 2.48. The largest absolute Gasteiger partial charge is 0.457 e. The third kappa shape index (κ3) is 2.93. The molecule has 21 heavy (non-hydrogen) atoms. The topological polar surface area (TPSA) is 26.3 Å². The van der Waals surface area contributed by atoms with Gasteiger partial charge in [0, 0.05) is 11.0 Å². The molecule has 0 amide bonds. The third-order valence-corrected chi connectivity index (χ3v) is 5.58. The van der Waals surface area contributed by atoms with Gasteiger partial charge in [-0.15, -0.1) is 0 Å². The van der Waals surface area contributed by atoms with Crippen molar-refractivity contribution in [2.75, 3.05) is 6.61 Å². The van der Waals surface area contributed by atoms with Gasteiger partial charge < -0.3 is 4.74 Å². The van der Waals surface area contributed by atoms with Crippen LogP contribution in [0.25, 0.3) is 10.8 Å². The Bertz CT molecular complexity index is 759. The minimum Gasteiger partial charge on any atom is -0.457 e. The Labute approximate surface area is 126 Å². The van der Waals surface area contributed by atoms with E-state index in [0.29, 0.717) is 6.61 Å². The van der Waals surface area contributed by atoms with Gasteiger partial charge in [-0.1, -0.05) is 43.0 Å². The van der Waals surface area contributed by atoms with Gasteiger partial charge in [0.15, 0.2) is 0 Å². The van der Waals surface area contributed by atoms with Crippen LogP contribution in [0.2, 0.25) is 0 Å². The molecule has 0 spiro atoms. The second-order valence-electron chi connectivity index (χ2n) is 4.71. The van der Waals surface area contributed by atoms with Crippen molar-refractivity contribution in [1.29, 1.82) is 0 Å². The van der Waals surface area contributed by atoms with E-state index in [1.807, 2.05) is 24.3 Å². The molecule has 1 heterocycles. The molecular weight excluding hydrogens is 280 g/mol. The first-order valence-electron chi connectivity index (χ1n) is 6.72. The van der Waals surface area contributed by atoms with E-state index in [0.717, 1.165) is 4.91 Å². The highest BCUT2D eigenvalue weighted by atomic mass is 32.2. The highest BCUT2D eigenvalue weighted by Gasteiger charge is 2.15. The van der Waals surface area contributed by atoms with Gasteiger partial charge in [-0.05, 0) is 39.3 Å². The molecule has 3 rings (SSSR count). The van der Waals surface area contributed by atoms with Crippen molar-refractivity contribution in [3.8, 4) is 0 Å². The molecule has 1 aliphatic rings. The third-order valence-electron chi connectivity index (χ3n) is 3.37. The van der Waals surface area contributed by atoms with E-state index in [9.17, 15) is 4.79 Å². The summed E-state index contributed by atoms with van der Waals surface area (Å²) in [5.74, 6) is -0.378. The number of allylic oxidation sites excluding steroid dienone is 2. The van der Waals surface area contributed by atoms with E-state index in [-0.39, 0.29) is 5.97 Å². The fraction of sp³-hybridized carbons (Fsp3) is 0.0556. The van der Waals surface area contributed by atoms with Crippen LogP contribution in [-0.4, -0.2) is 12.6 Å². The summed E-state index contributed by atoms with van der Waals surface area (Å²) in [6.07, 6.45) is 5.27. The summed E-state index contributed by atoms with van der Waals surface area (Å²) in [6.45, 7) is 3.74. The number of carbonyl (C=O) groups is 1. The number of ether oxygens (including phenoxy) is 1. The van der Waals surface area contributed by atoms with Crippen LogP contribution < -0.4 is 0 Å². The van der Waals surface area contributed by atoms with E-state index < -0.39 is 10.9 Å². The molecule has 0 aromatic heterocycles. The maximum absolute atomic E-state index is 11.2. The van der Waals surface area contributed by atoms with Gasteiger partial charge in [0.1, 0.15) is 6.61 Å². The lowest BCUT2D eigenvalue weighted by Gasteiger charge is -2.19. The van der Waals surface area contributed by atoms with Crippen molar-refractivity contribution in [3.63, 3.8) is 0 Å². The average molecular weight is 296 g/mol. The van der Waals surface area contributed by atoms with Crippen molar-refractivity contribution < 1.29 is 9.53 Å². The molecule has 106 valence electrons. The maximum Gasteiger partial charge on any atom is 0.330 e. The monoisotopic (exact) mass is 296 g/mol. The summed E-state index contributed by atoms with van der Waals surface area (Å²) in [6, 6.07) is 14.9. The van der Waals surface area contributed by atoms with Gasteiger partial charge in [-0.2, -0.15) is 10.9 Å². The summed E-state index contributed by atoms with van der Waals surface area (Å²) >= 11 is 0. The van der Waals surface area contributed by atoms with Gasteiger partial charge in [0.2, 0.25) is 0 Å². The van der Waals surface area contributed by atoms with Crippen molar-refractivity contribution in [2.24, 2.45) is 0 Å². The second kappa shape index (κ2) is 6.02. The molecule has 0 aliphatic carbocycles. The van der Waals surface area contributed by atoms with Gasteiger partial charge >= 0.3 is 5.97 Å². The van der Waals surface area contributed by atoms with Crippen LogP contribution in [-0.2, 0) is 9.53 Å². The molecule has 0 radical (unpaired) electrons. The lowest BCUT2D eigenvalue weighted by atomic mass is 10.1. The Morgan fingerprint density at radius 3 is 2.81 bits per heavy atom. The summed E-state index contributed by atoms with van der Waals surface area (Å²) < 4.78 is 5.17. The minimum absolute atomic E-state index is 0.330. The van der Waals surface area contributed by atoms with Gasteiger partial charge in [-0.3, -0.25) is 0 Å². The minimum atomic E-state index is -0.543. The number of benzene rings is 2. The molecule has 2 aromatic rings. The fourth-order valence-corrected chi connectivity index (χ4v) is 4.23. The molecule has 0 saturated heterocycles. The number of carbonyl (C=O) groups excluding carboxylic acids is 1. The number of thiol groups is 1. The molecular formula is C18H16O2S. The van der Waals surface area contributed by atoms with Crippen LogP contribution in [0.4, 0.5) is 0 Å². The van der Waals surface area contributed by atoms with Crippen molar-refractivity contribution in [2.45, 2.75) is 4.90 Å². The number of rotatable bonds is 4. The molecule has 0 saturated carbocycles. The SMILES string of the molecule is C=CC(=O)OCC1=CC=C[SH]1c1ccc2ccccc2c1. The van der Waals surface area contributed by atoms with Crippen LogP contribution >= 0.6 is 10.9 Å². The first kappa shape index (κ1) is 13.7. The van der Waals surface area contributed by atoms with Crippen molar-refractivity contribution >= 4 is 27.6 Å². The second-order valence-corrected chi connectivity index (χ2v) is 6.84. The van der Waals surface area contributed by atoms with Crippen molar-refractivity contribution in [1.82, 2.24) is 0 Å². The van der Waals surface area contributed by atoms with Gasteiger partial charge in [0.05, 0.1) is 0 Å². The number of hydrogen-bond donors (Lipinski definition) is 1. The number of esters is 1. The summed E-state index contributed by atoms with van der Waals surface area (Å²) in [7, 11) is -0.543. The molecule has 1 unspecified atom stereocenters. The number of hydrogen-bond acceptors (Lipinski definition) is 2. The summed E-state index contributed by atoms with van der Waals surface area (Å²) in [5.41, 5.74) is 0. The lowest BCUT2D eigenvalue weighted by molar-refractivity contribution is -0.136. The molecule has 1 aliphatic heterocycles. The van der Waals surface area contributed by atoms with Crippen LogP contribution in [0.1, 0.15) is 0 Å². The Balaban J connectivity index is 1.84. The molecule has 2 nitrogen and oxygen atoms in total. The van der Waals surface area contributed by atoms with Gasteiger partial charge in [0.25, 0.3) is 0 Å². The van der Waals surface area contributed by atoms with E-state index in [1.54, 1.807) is 0 Å². The molecule has 1 atom stereocenters. The Hall–Kier alpha value is -2.26. The predicted molar refractivity (Wildman–Crippen MR) is 89.6 cm³/mol. The zero-order chi connectivity index (χ0) is 14.7. The Morgan fingerprint density at radius 1 is 1.19 bits per heavy atom. The maximum atomic E-state index is 11.2. The quantitative estimate of drug-likeness (QED) is 0.516. The molecule has 2 aromatic carbocycles. The van der Waals surface area contributed by atoms with E-state index in [4.69, 9.17) is 4.74 Å². The average Bonchev–Trinajstić information content (AvgIpc) is 3.00. The van der Waals surface area contributed by atoms with E-state index >= 15 is 0 Å². The summed E-state index contributed by atoms with van der Waals surface area (Å²) in [5, 5.41) is 4.67. The first-order valence-corrected chi connectivity index (χ1v) is 8.13. The standard InChI is InChI=1S/C18H16O2S/c1-2-18(19)20-13-17-8-5-11-21(17)16-10-9-14-6-3-4-7-15(14)12-16/h2-12,21H,1,13H2. The highest BCUT2D eigenvalue weighted by molar-refractivity contribution is 8.23. The summed E-state index contributed by atoms with van der Waals surface area (Å²) in [4.78, 5) is 13.6. The van der Waals surface area contributed by atoms with E-state index in [1.165, 1.54) is 21.7 Å². The predicted octanol–water partition coefficient (Wildman–Crippen LogP) is 4.34. The van der Waals surface area contributed by atoms with Crippen molar-refractivity contribution in [3.05, 3.63) is 77.6 Å². The molecule has 0 bridgehead atoms. The van der Waals surface area contributed by atoms with Crippen LogP contribution in [0.3, 0.4) is 0 Å². The zero-order valence-corrected chi connectivity index (χ0v) is 12.4. The van der Waals surface area contributed by atoms with Crippen LogP contribution in [0.15, 0.2) is 82.5 Å². The smallest absolute Gasteiger partial charge is 0.330 e. The molecule has 0 N–H and O–H groups in total. The van der Waals surface area contributed by atoms with Gasteiger partial charge in [-0.25, -0.2) is 4.79 Å². The lowest BCUT2D eigenvalue weighted by Crippen LogP contribution is -2.03. The first-order chi connectivity index (χ1) is 10.3. The Kier molecular flexibility index (Phi) is 3.93. The Morgan fingerprint density at radius 2 is 2.00 bits per heavy atom. The normalized spacial score (nSPS) is 18.5. The van der Waals surface area contributed by atoms with E-state index in [2.05, 4.69) is 42.3 Å². The number of fused-ring (bicyclic) bond motifs is 1. The van der Waals surface area contributed by atoms with Crippen LogP contribution in [0, 0.1) is 0 Å². The van der Waals surface area contributed by atoms with Crippen LogP contribution in [0.5, 0.6) is 0 Å². The molecule has 0 fully saturated rings. The fourth-order valence-electron chi connectivity index (χ4n) is 2.32. The zero-order valence-electron chi connectivity index (χ0n) is 11.5. The molecule has 3 heteroatoms.